The van der Waals surface area contributed by atoms with Crippen molar-refractivity contribution < 1.29 is 4.74 Å². The molecule has 86 valence electrons. The molecule has 0 spiro atoms. The summed E-state index contributed by atoms with van der Waals surface area (Å²) in [5, 5.41) is 0. The van der Waals surface area contributed by atoms with E-state index in [4.69, 9.17) is 4.74 Å². The average Bonchev–Trinajstić information content (AvgIpc) is 2.66. The van der Waals surface area contributed by atoms with Gasteiger partial charge < -0.3 is 9.72 Å². The molecule has 0 aliphatic rings. The largest absolute Gasteiger partial charge is 0.381 e. The molecule has 0 aromatic carbocycles. The number of hydrogen-bond acceptors (Lipinski definition) is 3. The van der Waals surface area contributed by atoms with Crippen molar-refractivity contribution in [1.29, 1.82) is 0 Å². The second-order valence-corrected chi connectivity index (χ2v) is 4.49. The highest BCUT2D eigenvalue weighted by Gasteiger charge is 2.03. The smallest absolute Gasteiger partial charge is 0.177 e. The zero-order valence-electron chi connectivity index (χ0n) is 9.16. The highest BCUT2D eigenvalue weighted by Crippen LogP contribution is 2.15. The van der Waals surface area contributed by atoms with Crippen LogP contribution in [0.3, 0.4) is 0 Å². The first-order valence-corrected chi connectivity index (χ1v) is 6.17. The molecule has 4 nitrogen and oxygen atoms in total. The number of fused-ring (bicyclic) bond motifs is 1. The number of hydrogen-bond donors (Lipinski definition) is 1. The van der Waals surface area contributed by atoms with Gasteiger partial charge in [-0.15, -0.1) is 0 Å². The molecular weight excluding hydrogens is 270 g/mol. The van der Waals surface area contributed by atoms with Crippen LogP contribution in [0.4, 0.5) is 0 Å². The van der Waals surface area contributed by atoms with E-state index in [0.717, 1.165) is 40.9 Å². The lowest BCUT2D eigenvalue weighted by Gasteiger charge is -1.98. The molecule has 16 heavy (non-hydrogen) atoms. The van der Waals surface area contributed by atoms with E-state index in [-0.39, 0.29) is 0 Å². The van der Waals surface area contributed by atoms with E-state index in [9.17, 15) is 0 Å². The van der Waals surface area contributed by atoms with Gasteiger partial charge in [0.15, 0.2) is 5.65 Å². The molecule has 0 radical (unpaired) electrons. The van der Waals surface area contributed by atoms with E-state index in [1.807, 2.05) is 6.07 Å². The molecular formula is C11H14BrN3O. The van der Waals surface area contributed by atoms with Crippen LogP contribution in [-0.4, -0.2) is 28.2 Å². The Hall–Kier alpha value is -0.940. The Kier molecular flexibility index (Phi) is 3.90. The molecule has 0 unspecified atom stereocenters. The van der Waals surface area contributed by atoms with E-state index in [2.05, 4.69) is 37.8 Å². The molecule has 0 aliphatic carbocycles. The van der Waals surface area contributed by atoms with E-state index < -0.39 is 0 Å². The summed E-state index contributed by atoms with van der Waals surface area (Å²) in [4.78, 5) is 11.8. The second-order valence-electron chi connectivity index (χ2n) is 3.57. The minimum atomic E-state index is 0.703. The molecule has 1 N–H and O–H groups in total. The van der Waals surface area contributed by atoms with Crippen molar-refractivity contribution in [3.8, 4) is 0 Å². The summed E-state index contributed by atoms with van der Waals surface area (Å²) in [5.41, 5.74) is 1.72. The predicted molar refractivity (Wildman–Crippen MR) is 66.4 cm³/mol. The van der Waals surface area contributed by atoms with Crippen LogP contribution in [0.2, 0.25) is 0 Å². The fraction of sp³-hybridized carbons (Fsp3) is 0.455. The van der Waals surface area contributed by atoms with Gasteiger partial charge in [-0.05, 0) is 28.4 Å². The number of nitrogens with zero attached hydrogens (tertiary/aromatic N) is 2. The van der Waals surface area contributed by atoms with Gasteiger partial charge in [-0.2, -0.15) is 0 Å². The molecule has 0 fully saturated rings. The number of nitrogens with one attached hydrogen (secondary N) is 1. The number of ether oxygens (including phenoxy) is 1. The fourth-order valence-corrected chi connectivity index (χ4v) is 1.79. The summed E-state index contributed by atoms with van der Waals surface area (Å²) >= 11 is 3.38. The molecule has 2 heterocycles. The van der Waals surface area contributed by atoms with Gasteiger partial charge in [0.05, 0.1) is 12.1 Å². The van der Waals surface area contributed by atoms with Crippen LogP contribution in [0, 0.1) is 0 Å². The van der Waals surface area contributed by atoms with Crippen molar-refractivity contribution in [2.24, 2.45) is 0 Å². The third-order valence-electron chi connectivity index (χ3n) is 2.18. The fourth-order valence-electron chi connectivity index (χ4n) is 1.46. The SMILES string of the molecule is CCCOCCc1nc2ncc(Br)cc2[nH]1. The van der Waals surface area contributed by atoms with Crippen LogP contribution in [0.15, 0.2) is 16.7 Å². The minimum Gasteiger partial charge on any atom is -0.381 e. The number of rotatable bonds is 5. The lowest BCUT2D eigenvalue weighted by atomic mass is 10.4. The van der Waals surface area contributed by atoms with Crippen molar-refractivity contribution in [1.82, 2.24) is 15.0 Å². The normalized spacial score (nSPS) is 11.1. The summed E-state index contributed by atoms with van der Waals surface area (Å²) in [5.74, 6) is 0.928. The Morgan fingerprint density at radius 1 is 1.44 bits per heavy atom. The van der Waals surface area contributed by atoms with Gasteiger partial charge >= 0.3 is 0 Å². The lowest BCUT2D eigenvalue weighted by molar-refractivity contribution is 0.137. The van der Waals surface area contributed by atoms with Crippen LogP contribution in [0.5, 0.6) is 0 Å². The highest BCUT2D eigenvalue weighted by atomic mass is 79.9. The van der Waals surface area contributed by atoms with Crippen molar-refractivity contribution in [2.45, 2.75) is 19.8 Å². The Labute approximate surface area is 103 Å². The van der Waals surface area contributed by atoms with Gasteiger partial charge in [0.2, 0.25) is 0 Å². The van der Waals surface area contributed by atoms with Crippen molar-refractivity contribution in [2.75, 3.05) is 13.2 Å². The number of halogens is 1. The van der Waals surface area contributed by atoms with E-state index in [0.29, 0.717) is 6.61 Å². The maximum absolute atomic E-state index is 5.42. The van der Waals surface area contributed by atoms with Crippen molar-refractivity contribution in [3.63, 3.8) is 0 Å². The molecule has 0 bridgehead atoms. The van der Waals surface area contributed by atoms with Gasteiger partial charge in [0, 0.05) is 23.7 Å². The number of imidazole rings is 1. The first kappa shape index (κ1) is 11.5. The number of aromatic amines is 1. The van der Waals surface area contributed by atoms with Gasteiger partial charge in [-0.1, -0.05) is 6.92 Å². The summed E-state index contributed by atoms with van der Waals surface area (Å²) in [7, 11) is 0. The van der Waals surface area contributed by atoms with Crippen LogP contribution < -0.4 is 0 Å². The van der Waals surface area contributed by atoms with Gasteiger partial charge in [-0.25, -0.2) is 9.97 Å². The molecule has 2 aromatic heterocycles. The minimum absolute atomic E-state index is 0.703. The Morgan fingerprint density at radius 2 is 2.31 bits per heavy atom. The maximum Gasteiger partial charge on any atom is 0.177 e. The molecule has 2 rings (SSSR count). The van der Waals surface area contributed by atoms with E-state index in [1.165, 1.54) is 0 Å². The van der Waals surface area contributed by atoms with E-state index >= 15 is 0 Å². The number of pyridine rings is 1. The Morgan fingerprint density at radius 3 is 3.12 bits per heavy atom. The molecule has 2 aromatic rings. The highest BCUT2D eigenvalue weighted by molar-refractivity contribution is 9.10. The van der Waals surface area contributed by atoms with E-state index in [1.54, 1.807) is 6.20 Å². The third-order valence-corrected chi connectivity index (χ3v) is 2.62. The van der Waals surface area contributed by atoms with Crippen molar-refractivity contribution in [3.05, 3.63) is 22.6 Å². The molecule has 5 heteroatoms. The third kappa shape index (κ3) is 2.80. The molecule has 0 aliphatic heterocycles. The van der Waals surface area contributed by atoms with Crippen LogP contribution >= 0.6 is 15.9 Å². The Balaban J connectivity index is 2.02. The molecule has 0 atom stereocenters. The van der Waals surface area contributed by atoms with Crippen molar-refractivity contribution >= 4 is 27.1 Å². The molecule has 0 saturated carbocycles. The summed E-state index contributed by atoms with van der Waals surface area (Å²) in [6.45, 7) is 3.61. The van der Waals surface area contributed by atoms with Crippen LogP contribution in [0.25, 0.3) is 11.2 Å². The monoisotopic (exact) mass is 283 g/mol. The summed E-state index contributed by atoms with van der Waals surface area (Å²) < 4.78 is 6.37. The maximum atomic E-state index is 5.42. The predicted octanol–water partition coefficient (Wildman–Crippen LogP) is 2.69. The number of H-pyrrole nitrogens is 1. The molecule has 0 amide bonds. The summed E-state index contributed by atoms with van der Waals surface area (Å²) in [6, 6.07) is 1.98. The van der Waals surface area contributed by atoms with Gasteiger partial charge in [-0.3, -0.25) is 0 Å². The van der Waals surface area contributed by atoms with Crippen LogP contribution in [-0.2, 0) is 11.2 Å². The first-order chi connectivity index (χ1) is 7.79. The second kappa shape index (κ2) is 5.41. The zero-order valence-corrected chi connectivity index (χ0v) is 10.7. The standard InChI is InChI=1S/C11H14BrN3O/c1-2-4-16-5-3-10-14-9-6-8(12)7-13-11(9)15-10/h6-7H,2-5H2,1H3,(H,13,14,15). The topological polar surface area (TPSA) is 50.8 Å². The summed E-state index contributed by atoms with van der Waals surface area (Å²) in [6.07, 6.45) is 3.60. The Bertz CT molecular complexity index is 469. The zero-order chi connectivity index (χ0) is 11.4. The van der Waals surface area contributed by atoms with Gasteiger partial charge in [0.1, 0.15) is 5.82 Å². The quantitative estimate of drug-likeness (QED) is 0.859. The average molecular weight is 284 g/mol. The first-order valence-electron chi connectivity index (χ1n) is 5.37. The van der Waals surface area contributed by atoms with Gasteiger partial charge in [0.25, 0.3) is 0 Å². The lowest BCUT2D eigenvalue weighted by Crippen LogP contribution is -2.00. The van der Waals surface area contributed by atoms with Crippen LogP contribution in [0.1, 0.15) is 19.2 Å². The number of aromatic nitrogens is 3. The molecule has 0 saturated heterocycles.